The number of nitrogens with one attached hydrogen (secondary N) is 1. The lowest BCUT2D eigenvalue weighted by molar-refractivity contribution is 0.179. The van der Waals surface area contributed by atoms with Gasteiger partial charge in [-0.1, -0.05) is 6.08 Å². The molecule has 2 aromatic rings. The molecule has 1 aromatic carbocycles. The first kappa shape index (κ1) is 23.2. The van der Waals surface area contributed by atoms with Gasteiger partial charge in [0, 0.05) is 25.3 Å². The molecule has 3 N–H and O–H groups in total. The molecule has 1 atom stereocenters. The predicted octanol–water partition coefficient (Wildman–Crippen LogP) is 2.94. The molecule has 2 saturated heterocycles. The molecule has 3 aliphatic rings. The largest absolute Gasteiger partial charge is 0.492 e. The van der Waals surface area contributed by atoms with Gasteiger partial charge in [0.15, 0.2) is 0 Å². The number of hydrogen-bond acceptors (Lipinski definition) is 8. The Kier molecular flexibility index (Phi) is 7.16. The molecule has 9 heteroatoms. The zero-order valence-corrected chi connectivity index (χ0v) is 20.0. The fourth-order valence-electron chi connectivity index (χ4n) is 4.86. The number of likely N-dealkylation sites (tertiary alicyclic amines) is 1. The first-order valence-electron chi connectivity index (χ1n) is 12.5. The van der Waals surface area contributed by atoms with Crippen LogP contribution in [0.4, 0.5) is 17.6 Å². The molecule has 0 amide bonds. The topological polar surface area (TPSA) is 102 Å². The lowest BCUT2D eigenvalue weighted by atomic mass is 10.0. The number of rotatable bonds is 8. The second-order valence-electron chi connectivity index (χ2n) is 9.25. The molecule has 5 rings (SSSR count). The van der Waals surface area contributed by atoms with Gasteiger partial charge in [0.2, 0.25) is 11.9 Å². The maximum atomic E-state index is 11.6. The Labute approximate surface area is 205 Å². The molecule has 2 aliphatic heterocycles. The van der Waals surface area contributed by atoms with Crippen LogP contribution in [0.25, 0.3) is 5.69 Å². The number of nitrogen functional groups attached to an aromatic ring is 1. The zero-order chi connectivity index (χ0) is 24.0. The summed E-state index contributed by atoms with van der Waals surface area (Å²) < 4.78 is 7.46. The number of hydrogen-bond donors (Lipinski definition) is 2. The van der Waals surface area contributed by atoms with Crippen LogP contribution in [0.5, 0.6) is 0 Å². The molecule has 0 radical (unpaired) electrons. The second kappa shape index (κ2) is 10.8. The standard InChI is InChI=1S/C26H33N7O2/c27-25-29-26(30-33(25)22-8-6-21(7-9-22)32-14-2-1-3-15-32)28-24-11-10-23(18-20(24)19-34)35-17-16-31-12-4-5-13-31/h6-11,18,24H,1-5,12-17H2,(H3,27,28,29,30). The molecule has 0 saturated carbocycles. The summed E-state index contributed by atoms with van der Waals surface area (Å²) in [5, 5.41) is 7.69. The first-order valence-corrected chi connectivity index (χ1v) is 12.5. The number of ether oxygens (including phenoxy) is 1. The molecule has 1 aliphatic carbocycles. The van der Waals surface area contributed by atoms with Gasteiger partial charge in [-0.2, -0.15) is 9.67 Å². The number of nitrogens with two attached hydrogens (primary N) is 1. The molecular formula is C26H33N7O2. The SMILES string of the molecule is Nc1nc(NC2C=CC(OCCN3CCCC3)=CC2=C=O)nn1-c1ccc(N2CCCCC2)cc1. The minimum atomic E-state index is -0.407. The molecule has 1 aromatic heterocycles. The number of piperidine rings is 1. The first-order chi connectivity index (χ1) is 17.2. The van der Waals surface area contributed by atoms with Gasteiger partial charge in [-0.3, -0.25) is 4.90 Å². The molecule has 0 bridgehead atoms. The highest BCUT2D eigenvalue weighted by Gasteiger charge is 2.20. The van der Waals surface area contributed by atoms with E-state index in [1.807, 2.05) is 30.2 Å². The zero-order valence-electron chi connectivity index (χ0n) is 20.0. The van der Waals surface area contributed by atoms with Crippen molar-refractivity contribution in [1.29, 1.82) is 0 Å². The van der Waals surface area contributed by atoms with Crippen molar-refractivity contribution in [1.82, 2.24) is 19.7 Å². The van der Waals surface area contributed by atoms with E-state index in [1.54, 1.807) is 10.8 Å². The Hall–Kier alpha value is -3.55. The van der Waals surface area contributed by atoms with Gasteiger partial charge in [-0.15, -0.1) is 5.10 Å². The Morgan fingerprint density at radius 3 is 2.49 bits per heavy atom. The van der Waals surface area contributed by atoms with Crippen molar-refractivity contribution in [2.75, 3.05) is 55.3 Å². The van der Waals surface area contributed by atoms with Crippen LogP contribution in [0.1, 0.15) is 32.1 Å². The number of benzene rings is 1. The highest BCUT2D eigenvalue weighted by atomic mass is 16.5. The number of carbonyl (C=O) groups excluding carboxylic acids is 1. The van der Waals surface area contributed by atoms with Crippen molar-refractivity contribution in [3.63, 3.8) is 0 Å². The van der Waals surface area contributed by atoms with Crippen LogP contribution in [-0.4, -0.2) is 71.0 Å². The van der Waals surface area contributed by atoms with Gasteiger partial charge in [0.05, 0.1) is 17.3 Å². The minimum absolute atomic E-state index is 0.274. The molecular weight excluding hydrogens is 442 g/mol. The van der Waals surface area contributed by atoms with Crippen LogP contribution < -0.4 is 16.0 Å². The highest BCUT2D eigenvalue weighted by Crippen LogP contribution is 2.24. The Balaban J connectivity index is 1.20. The van der Waals surface area contributed by atoms with Crippen LogP contribution in [0.2, 0.25) is 0 Å². The van der Waals surface area contributed by atoms with E-state index in [1.165, 1.54) is 37.8 Å². The molecule has 3 heterocycles. The van der Waals surface area contributed by atoms with Crippen molar-refractivity contribution in [2.24, 2.45) is 0 Å². The van der Waals surface area contributed by atoms with E-state index in [2.05, 4.69) is 37.3 Å². The van der Waals surface area contributed by atoms with E-state index in [9.17, 15) is 4.79 Å². The third-order valence-electron chi connectivity index (χ3n) is 6.81. The average Bonchev–Trinajstić information content (AvgIpc) is 3.55. The lowest BCUT2D eigenvalue weighted by Crippen LogP contribution is -2.29. The average molecular weight is 476 g/mol. The van der Waals surface area contributed by atoms with Crippen molar-refractivity contribution < 1.29 is 9.53 Å². The summed E-state index contributed by atoms with van der Waals surface area (Å²) in [4.78, 5) is 20.8. The monoisotopic (exact) mass is 475 g/mol. The normalized spacial score (nSPS) is 20.6. The van der Waals surface area contributed by atoms with Crippen molar-refractivity contribution in [2.45, 2.75) is 38.1 Å². The van der Waals surface area contributed by atoms with Crippen molar-refractivity contribution >= 4 is 23.5 Å². The van der Waals surface area contributed by atoms with Gasteiger partial charge in [0.1, 0.15) is 18.3 Å². The third kappa shape index (κ3) is 5.58. The van der Waals surface area contributed by atoms with Gasteiger partial charge < -0.3 is 20.7 Å². The molecule has 1 unspecified atom stereocenters. The molecule has 9 nitrogen and oxygen atoms in total. The van der Waals surface area contributed by atoms with Crippen LogP contribution in [0.15, 0.2) is 53.8 Å². The van der Waals surface area contributed by atoms with Gasteiger partial charge in [0.25, 0.3) is 0 Å². The minimum Gasteiger partial charge on any atom is -0.492 e. The van der Waals surface area contributed by atoms with Crippen molar-refractivity contribution in [3.8, 4) is 5.69 Å². The molecule has 184 valence electrons. The fourth-order valence-corrected chi connectivity index (χ4v) is 4.86. The molecule has 35 heavy (non-hydrogen) atoms. The van der Waals surface area contributed by atoms with E-state index < -0.39 is 6.04 Å². The lowest BCUT2D eigenvalue weighted by Gasteiger charge is -2.28. The van der Waals surface area contributed by atoms with E-state index >= 15 is 0 Å². The summed E-state index contributed by atoms with van der Waals surface area (Å²) in [6, 6.07) is 7.80. The number of allylic oxidation sites excluding steroid dienone is 1. The Morgan fingerprint density at radius 2 is 1.74 bits per heavy atom. The Bertz CT molecular complexity index is 1120. The van der Waals surface area contributed by atoms with E-state index in [4.69, 9.17) is 10.5 Å². The van der Waals surface area contributed by atoms with Crippen molar-refractivity contribution in [3.05, 3.63) is 53.8 Å². The summed E-state index contributed by atoms with van der Waals surface area (Å²) in [7, 11) is 0. The summed E-state index contributed by atoms with van der Waals surface area (Å²) in [6.07, 6.45) is 11.7. The third-order valence-corrected chi connectivity index (χ3v) is 6.81. The predicted molar refractivity (Wildman–Crippen MR) is 137 cm³/mol. The molecule has 2 fully saturated rings. The number of aromatic nitrogens is 3. The fraction of sp³-hybridized carbons (Fsp3) is 0.462. The maximum absolute atomic E-state index is 11.6. The summed E-state index contributed by atoms with van der Waals surface area (Å²) >= 11 is 0. The van der Waals surface area contributed by atoms with Gasteiger partial charge in [-0.05, 0) is 81.6 Å². The smallest absolute Gasteiger partial charge is 0.245 e. The summed E-state index contributed by atoms with van der Waals surface area (Å²) in [5.74, 6) is 3.29. The van der Waals surface area contributed by atoms with Crippen LogP contribution >= 0.6 is 0 Å². The van der Waals surface area contributed by atoms with Crippen LogP contribution in [0, 0.1) is 0 Å². The Morgan fingerprint density at radius 1 is 1.03 bits per heavy atom. The van der Waals surface area contributed by atoms with Gasteiger partial charge >= 0.3 is 0 Å². The highest BCUT2D eigenvalue weighted by molar-refractivity contribution is 5.65. The van der Waals surface area contributed by atoms with E-state index in [0.717, 1.165) is 38.4 Å². The van der Waals surface area contributed by atoms with Gasteiger partial charge in [-0.25, -0.2) is 4.79 Å². The second-order valence-corrected chi connectivity index (χ2v) is 9.25. The van der Waals surface area contributed by atoms with E-state index in [-0.39, 0.29) is 5.95 Å². The number of anilines is 3. The molecule has 0 spiro atoms. The van der Waals surface area contributed by atoms with Crippen LogP contribution in [0.3, 0.4) is 0 Å². The quantitative estimate of drug-likeness (QED) is 0.562. The number of nitrogens with zero attached hydrogens (tertiary/aromatic N) is 5. The summed E-state index contributed by atoms with van der Waals surface area (Å²) in [5.41, 5.74) is 8.64. The maximum Gasteiger partial charge on any atom is 0.245 e. The summed E-state index contributed by atoms with van der Waals surface area (Å²) in [6.45, 7) is 5.95. The van der Waals surface area contributed by atoms with Crippen LogP contribution in [-0.2, 0) is 9.53 Å². The van der Waals surface area contributed by atoms with E-state index in [0.29, 0.717) is 23.9 Å².